The third-order valence-corrected chi connectivity index (χ3v) is 8.10. The minimum absolute atomic E-state index is 0.101. The summed E-state index contributed by atoms with van der Waals surface area (Å²) in [6.07, 6.45) is 0. The van der Waals surface area contributed by atoms with Crippen LogP contribution in [0.5, 0.6) is 11.5 Å². The van der Waals surface area contributed by atoms with Crippen LogP contribution < -0.4 is 19.1 Å². The van der Waals surface area contributed by atoms with Gasteiger partial charge in [-0.1, -0.05) is 48.5 Å². The number of benzene rings is 3. The Morgan fingerprint density at radius 2 is 1.63 bits per heavy atom. The molecule has 4 rings (SSSR count). The van der Waals surface area contributed by atoms with Crippen LogP contribution in [-0.4, -0.2) is 41.7 Å². The molecule has 10 heteroatoms. The highest BCUT2D eigenvalue weighted by atomic mass is 32.2. The molecule has 0 fully saturated rings. The van der Waals surface area contributed by atoms with Gasteiger partial charge < -0.3 is 19.5 Å². The van der Waals surface area contributed by atoms with Crippen LogP contribution in [-0.2, 0) is 32.7 Å². The molecule has 1 aliphatic heterocycles. The molecule has 0 atom stereocenters. The first kappa shape index (κ1) is 27.2. The molecule has 38 heavy (non-hydrogen) atoms. The average Bonchev–Trinajstić information content (AvgIpc) is 2.91. The Hall–Kier alpha value is -3.89. The number of sulfonamides is 1. The lowest BCUT2D eigenvalue weighted by Crippen LogP contribution is -2.41. The Labute approximate surface area is 221 Å². The molecule has 3 aromatic carbocycles. The predicted molar refractivity (Wildman–Crippen MR) is 143 cm³/mol. The van der Waals surface area contributed by atoms with E-state index < -0.39 is 26.7 Å². The number of halogens is 1. The number of anilines is 1. The molecule has 1 aliphatic rings. The van der Waals surface area contributed by atoms with E-state index in [1.807, 2.05) is 30.3 Å². The topological polar surface area (TPSA) is 94.2 Å². The monoisotopic (exact) mass is 540 g/mol. The summed E-state index contributed by atoms with van der Waals surface area (Å²) in [6, 6.07) is 18.6. The normalized spacial score (nSPS) is 14.2. The SMILES string of the molecule is COc1cc2c(cc1OC)N(Cc1ccccc1F)S(=O)(=O)C(C(=O)NCCOCc1ccccc1)=C2C. The van der Waals surface area contributed by atoms with Crippen molar-refractivity contribution in [1.82, 2.24) is 5.32 Å². The number of nitrogens with zero attached hydrogens (tertiary/aromatic N) is 1. The number of allylic oxidation sites excluding steroid dienone is 1. The van der Waals surface area contributed by atoms with E-state index in [1.165, 1.54) is 38.5 Å². The van der Waals surface area contributed by atoms with Gasteiger partial charge in [0.15, 0.2) is 16.4 Å². The molecule has 0 saturated carbocycles. The third kappa shape index (κ3) is 5.51. The molecular weight excluding hydrogens is 511 g/mol. The first-order valence-electron chi connectivity index (χ1n) is 11.9. The largest absolute Gasteiger partial charge is 0.493 e. The van der Waals surface area contributed by atoms with Gasteiger partial charge in [-0.2, -0.15) is 0 Å². The molecule has 1 N–H and O–H groups in total. The Kier molecular flexibility index (Phi) is 8.33. The average molecular weight is 541 g/mol. The molecule has 0 saturated heterocycles. The molecule has 0 spiro atoms. The fourth-order valence-electron chi connectivity index (χ4n) is 4.25. The molecule has 1 heterocycles. The van der Waals surface area contributed by atoms with Crippen molar-refractivity contribution in [2.45, 2.75) is 20.1 Å². The van der Waals surface area contributed by atoms with Crippen molar-refractivity contribution in [3.8, 4) is 11.5 Å². The first-order chi connectivity index (χ1) is 18.3. The molecule has 3 aromatic rings. The molecule has 0 radical (unpaired) electrons. The summed E-state index contributed by atoms with van der Waals surface area (Å²) >= 11 is 0. The fraction of sp³-hybridized carbons (Fsp3) is 0.250. The predicted octanol–water partition coefficient (Wildman–Crippen LogP) is 4.26. The second-order valence-corrected chi connectivity index (χ2v) is 10.4. The summed E-state index contributed by atoms with van der Waals surface area (Å²) in [6.45, 7) is 1.89. The summed E-state index contributed by atoms with van der Waals surface area (Å²) < 4.78 is 59.7. The zero-order chi connectivity index (χ0) is 27.3. The van der Waals surface area contributed by atoms with Gasteiger partial charge in [0.2, 0.25) is 0 Å². The van der Waals surface area contributed by atoms with Crippen LogP contribution in [0.15, 0.2) is 71.6 Å². The third-order valence-electron chi connectivity index (χ3n) is 6.18. The van der Waals surface area contributed by atoms with Gasteiger partial charge in [-0.3, -0.25) is 9.10 Å². The maximum atomic E-state index is 14.6. The summed E-state index contributed by atoms with van der Waals surface area (Å²) in [5.74, 6) is -0.664. The van der Waals surface area contributed by atoms with Gasteiger partial charge in [-0.25, -0.2) is 12.8 Å². The molecule has 200 valence electrons. The summed E-state index contributed by atoms with van der Waals surface area (Å²) in [5.41, 5.74) is 2.10. The zero-order valence-electron chi connectivity index (χ0n) is 21.4. The lowest BCUT2D eigenvalue weighted by molar-refractivity contribution is -0.117. The van der Waals surface area contributed by atoms with Gasteiger partial charge in [-0.05, 0) is 30.2 Å². The minimum Gasteiger partial charge on any atom is -0.493 e. The van der Waals surface area contributed by atoms with Crippen molar-refractivity contribution in [3.05, 3.63) is 94.1 Å². The Morgan fingerprint density at radius 3 is 2.32 bits per heavy atom. The molecule has 8 nitrogen and oxygen atoms in total. The van der Waals surface area contributed by atoms with Crippen molar-refractivity contribution in [3.63, 3.8) is 0 Å². The summed E-state index contributed by atoms with van der Waals surface area (Å²) in [5, 5.41) is 2.64. The maximum absolute atomic E-state index is 14.6. The lowest BCUT2D eigenvalue weighted by atomic mass is 10.0. The molecule has 0 unspecified atom stereocenters. The lowest BCUT2D eigenvalue weighted by Gasteiger charge is -2.33. The van der Waals surface area contributed by atoms with Gasteiger partial charge >= 0.3 is 0 Å². The van der Waals surface area contributed by atoms with Crippen molar-refractivity contribution in [2.75, 3.05) is 31.7 Å². The van der Waals surface area contributed by atoms with Crippen molar-refractivity contribution >= 4 is 27.2 Å². The Balaban J connectivity index is 1.65. The Morgan fingerprint density at radius 1 is 0.974 bits per heavy atom. The van der Waals surface area contributed by atoms with E-state index in [4.69, 9.17) is 14.2 Å². The van der Waals surface area contributed by atoms with E-state index in [0.29, 0.717) is 23.7 Å². The number of fused-ring (bicyclic) bond motifs is 1. The number of hydrogen-bond acceptors (Lipinski definition) is 6. The van der Waals surface area contributed by atoms with E-state index in [-0.39, 0.29) is 36.5 Å². The van der Waals surface area contributed by atoms with Crippen LogP contribution in [0.1, 0.15) is 23.6 Å². The quantitative estimate of drug-likeness (QED) is 0.387. The highest BCUT2D eigenvalue weighted by molar-refractivity contribution is 7.97. The number of rotatable bonds is 10. The molecule has 1 amide bonds. The van der Waals surface area contributed by atoms with Crippen LogP contribution in [0.3, 0.4) is 0 Å². The van der Waals surface area contributed by atoms with E-state index in [1.54, 1.807) is 19.1 Å². The number of nitrogens with one attached hydrogen (secondary N) is 1. The number of amides is 1. The van der Waals surface area contributed by atoms with Crippen molar-refractivity contribution in [2.24, 2.45) is 0 Å². The van der Waals surface area contributed by atoms with Gasteiger partial charge in [0.25, 0.3) is 15.9 Å². The highest BCUT2D eigenvalue weighted by Crippen LogP contribution is 2.45. The highest BCUT2D eigenvalue weighted by Gasteiger charge is 2.40. The number of methoxy groups -OCH3 is 2. The van der Waals surface area contributed by atoms with E-state index >= 15 is 0 Å². The van der Waals surface area contributed by atoms with Crippen LogP contribution in [0.25, 0.3) is 5.57 Å². The second-order valence-electron chi connectivity index (χ2n) is 8.58. The van der Waals surface area contributed by atoms with Crippen LogP contribution in [0.4, 0.5) is 10.1 Å². The number of ether oxygens (including phenoxy) is 3. The molecule has 0 aromatic heterocycles. The smallest absolute Gasteiger partial charge is 0.270 e. The molecule has 0 bridgehead atoms. The van der Waals surface area contributed by atoms with E-state index in [9.17, 15) is 17.6 Å². The summed E-state index contributed by atoms with van der Waals surface area (Å²) in [7, 11) is -1.48. The standard InChI is InChI=1S/C28H29FN2O6S/c1-19-22-15-25(35-2)26(36-3)16-24(22)31(17-21-11-7-8-12-23(21)29)38(33,34)27(19)28(32)30-13-14-37-18-20-9-5-4-6-10-20/h4-12,15-16H,13-14,17-18H2,1-3H3,(H,30,32). The number of hydrogen-bond donors (Lipinski definition) is 1. The van der Waals surface area contributed by atoms with E-state index in [2.05, 4.69) is 5.32 Å². The van der Waals surface area contributed by atoms with Crippen LogP contribution in [0.2, 0.25) is 0 Å². The first-order valence-corrected chi connectivity index (χ1v) is 13.3. The molecule has 0 aliphatic carbocycles. The number of carbonyl (C=O) groups excluding carboxylic acids is 1. The van der Waals surface area contributed by atoms with Crippen molar-refractivity contribution in [1.29, 1.82) is 0 Å². The second kappa shape index (κ2) is 11.7. The van der Waals surface area contributed by atoms with Gasteiger partial charge in [0, 0.05) is 23.7 Å². The Bertz CT molecular complexity index is 1460. The zero-order valence-corrected chi connectivity index (χ0v) is 22.2. The molecular formula is C28H29FN2O6S. The fourth-order valence-corrected chi connectivity index (χ4v) is 5.99. The van der Waals surface area contributed by atoms with Gasteiger partial charge in [0.05, 0.1) is 39.7 Å². The van der Waals surface area contributed by atoms with Gasteiger partial charge in [-0.15, -0.1) is 0 Å². The minimum atomic E-state index is -4.37. The van der Waals surface area contributed by atoms with E-state index in [0.717, 1.165) is 9.87 Å². The summed E-state index contributed by atoms with van der Waals surface area (Å²) in [4.78, 5) is 12.8. The maximum Gasteiger partial charge on any atom is 0.270 e. The van der Waals surface area contributed by atoms with Gasteiger partial charge in [0.1, 0.15) is 5.82 Å². The van der Waals surface area contributed by atoms with Crippen LogP contribution >= 0.6 is 0 Å². The van der Waals surface area contributed by atoms with Crippen molar-refractivity contribution < 1.29 is 31.8 Å². The van der Waals surface area contributed by atoms with Crippen LogP contribution in [0, 0.1) is 5.82 Å². The number of carbonyl (C=O) groups is 1.